The van der Waals surface area contributed by atoms with Gasteiger partial charge in [-0.05, 0) is 30.0 Å². The fourth-order valence-electron chi connectivity index (χ4n) is 4.61. The topological polar surface area (TPSA) is 37.4 Å². The molecule has 0 bridgehead atoms. The van der Waals surface area contributed by atoms with Crippen LogP contribution in [0, 0.1) is 0 Å². The minimum absolute atomic E-state index is 0.0711. The Bertz CT molecular complexity index is 1010. The van der Waals surface area contributed by atoms with Gasteiger partial charge in [0.1, 0.15) is 6.20 Å². The third kappa shape index (κ3) is 4.40. The summed E-state index contributed by atoms with van der Waals surface area (Å²) in [5.41, 5.74) is 4.67. The lowest BCUT2D eigenvalue weighted by Gasteiger charge is -2.30. The number of carbonyl (C=O) groups excluding carboxylic acids is 2. The molecule has 0 fully saturated rings. The molecule has 2 amide bonds. The predicted molar refractivity (Wildman–Crippen MR) is 127 cm³/mol. The molecule has 0 radical (unpaired) electrons. The Balaban J connectivity index is 1.39. The highest BCUT2D eigenvalue weighted by atomic mass is 16.2. The van der Waals surface area contributed by atoms with E-state index in [4.69, 9.17) is 0 Å². The molecule has 4 nitrogen and oxygen atoms in total. The number of unbranched alkanes of at least 4 members (excludes halogenated alkanes) is 1. The summed E-state index contributed by atoms with van der Waals surface area (Å²) in [7, 11) is 0. The number of hydrogen-bond donors (Lipinski definition) is 0. The Morgan fingerprint density at radius 3 is 2.52 bits per heavy atom. The van der Waals surface area contributed by atoms with Crippen LogP contribution in [0.25, 0.3) is 11.6 Å². The van der Waals surface area contributed by atoms with Gasteiger partial charge in [-0.2, -0.15) is 0 Å². The molecule has 0 saturated heterocycles. The van der Waals surface area contributed by atoms with Crippen LogP contribution in [0.2, 0.25) is 0 Å². The molecule has 31 heavy (non-hydrogen) atoms. The standard InChI is InChI=1S/C27H31N2O2/c1-2-3-20-29(21-17-24-11-7-8-12-25(24)29)27(31)14-13-26(30)28-18-15-23(16-19-28)22-9-5-4-6-10-22/h4-12,15,17,21H,2-3,13-14,16,18-20H2,1H3/q+1. The molecule has 0 aromatic heterocycles. The highest BCUT2D eigenvalue weighted by Gasteiger charge is 2.41. The van der Waals surface area contributed by atoms with Gasteiger partial charge < -0.3 is 4.90 Å². The van der Waals surface area contributed by atoms with Crippen molar-refractivity contribution in [1.29, 1.82) is 0 Å². The highest BCUT2D eigenvalue weighted by Crippen LogP contribution is 2.37. The van der Waals surface area contributed by atoms with Crippen LogP contribution in [0.5, 0.6) is 0 Å². The smallest absolute Gasteiger partial charge is 0.323 e. The van der Waals surface area contributed by atoms with Crippen LogP contribution in [0.4, 0.5) is 5.69 Å². The van der Waals surface area contributed by atoms with Gasteiger partial charge in [-0.3, -0.25) is 4.79 Å². The number of para-hydroxylation sites is 1. The molecule has 2 aliphatic rings. The Morgan fingerprint density at radius 2 is 1.77 bits per heavy atom. The summed E-state index contributed by atoms with van der Waals surface area (Å²) >= 11 is 0. The van der Waals surface area contributed by atoms with E-state index < -0.39 is 0 Å². The normalized spacial score (nSPS) is 19.8. The maximum atomic E-state index is 13.4. The first-order chi connectivity index (χ1) is 15.1. The molecule has 160 valence electrons. The quantitative estimate of drug-likeness (QED) is 0.568. The number of carbonyl (C=O) groups is 2. The molecule has 0 N–H and O–H groups in total. The van der Waals surface area contributed by atoms with Gasteiger partial charge in [0, 0.05) is 37.2 Å². The van der Waals surface area contributed by atoms with Crippen molar-refractivity contribution in [3.63, 3.8) is 0 Å². The minimum atomic E-state index is 0.0711. The molecule has 0 saturated carbocycles. The van der Waals surface area contributed by atoms with Crippen molar-refractivity contribution in [2.45, 2.75) is 39.0 Å². The molecular formula is C27H31N2O2+. The summed E-state index contributed by atoms with van der Waals surface area (Å²) in [5.74, 6) is 0.183. The van der Waals surface area contributed by atoms with Crippen molar-refractivity contribution in [1.82, 2.24) is 9.38 Å². The van der Waals surface area contributed by atoms with Crippen molar-refractivity contribution in [2.75, 3.05) is 19.6 Å². The number of fused-ring (bicyclic) bond motifs is 1. The lowest BCUT2D eigenvalue weighted by Crippen LogP contribution is -2.49. The second-order valence-corrected chi connectivity index (χ2v) is 8.40. The van der Waals surface area contributed by atoms with Crippen molar-refractivity contribution in [2.24, 2.45) is 0 Å². The van der Waals surface area contributed by atoms with E-state index in [1.807, 2.05) is 53.6 Å². The molecular weight excluding hydrogens is 384 g/mol. The molecule has 0 aliphatic carbocycles. The van der Waals surface area contributed by atoms with Gasteiger partial charge in [-0.25, -0.2) is 9.28 Å². The van der Waals surface area contributed by atoms with Crippen molar-refractivity contribution >= 4 is 29.2 Å². The first-order valence-electron chi connectivity index (χ1n) is 11.4. The van der Waals surface area contributed by atoms with Gasteiger partial charge in [-0.1, -0.05) is 61.9 Å². The van der Waals surface area contributed by atoms with E-state index in [2.05, 4.69) is 31.2 Å². The number of quaternary nitrogens is 1. The molecule has 2 heterocycles. The zero-order chi connectivity index (χ0) is 21.7. The van der Waals surface area contributed by atoms with Gasteiger partial charge in [0.15, 0.2) is 5.69 Å². The third-order valence-corrected chi connectivity index (χ3v) is 6.44. The molecule has 2 aromatic carbocycles. The fourth-order valence-corrected chi connectivity index (χ4v) is 4.61. The summed E-state index contributed by atoms with van der Waals surface area (Å²) < 4.78 is 0.245. The summed E-state index contributed by atoms with van der Waals surface area (Å²) in [6, 6.07) is 18.4. The number of nitrogens with zero attached hydrogens (tertiary/aromatic N) is 2. The summed E-state index contributed by atoms with van der Waals surface area (Å²) in [4.78, 5) is 28.1. The van der Waals surface area contributed by atoms with E-state index >= 15 is 0 Å². The maximum Gasteiger partial charge on any atom is 0.323 e. The molecule has 2 aromatic rings. The van der Waals surface area contributed by atoms with E-state index in [0.29, 0.717) is 13.1 Å². The van der Waals surface area contributed by atoms with Crippen LogP contribution < -0.4 is 4.48 Å². The molecule has 4 rings (SSSR count). The van der Waals surface area contributed by atoms with Crippen LogP contribution in [0.15, 0.2) is 66.9 Å². The average molecular weight is 416 g/mol. The first-order valence-corrected chi connectivity index (χ1v) is 11.4. The first kappa shape index (κ1) is 21.3. The average Bonchev–Trinajstić information content (AvgIpc) is 3.21. The lowest BCUT2D eigenvalue weighted by molar-refractivity contribution is -0.135. The van der Waals surface area contributed by atoms with Crippen LogP contribution in [-0.4, -0.2) is 36.3 Å². The van der Waals surface area contributed by atoms with Gasteiger partial charge in [0.25, 0.3) is 0 Å². The van der Waals surface area contributed by atoms with Crippen LogP contribution in [0.3, 0.4) is 0 Å². The Morgan fingerprint density at radius 1 is 1.00 bits per heavy atom. The van der Waals surface area contributed by atoms with E-state index in [0.717, 1.165) is 37.1 Å². The number of hydrogen-bond acceptors (Lipinski definition) is 2. The molecule has 2 aliphatic heterocycles. The maximum absolute atomic E-state index is 13.4. The van der Waals surface area contributed by atoms with Crippen LogP contribution in [-0.2, 0) is 9.59 Å². The van der Waals surface area contributed by atoms with Gasteiger partial charge >= 0.3 is 5.91 Å². The van der Waals surface area contributed by atoms with Gasteiger partial charge in [-0.15, -0.1) is 0 Å². The van der Waals surface area contributed by atoms with Gasteiger partial charge in [0.2, 0.25) is 5.91 Å². The third-order valence-electron chi connectivity index (χ3n) is 6.44. The fraction of sp³-hybridized carbons (Fsp3) is 0.333. The second-order valence-electron chi connectivity index (χ2n) is 8.40. The van der Waals surface area contributed by atoms with Crippen molar-refractivity contribution in [3.05, 3.63) is 78.0 Å². The monoisotopic (exact) mass is 415 g/mol. The van der Waals surface area contributed by atoms with E-state index in [-0.39, 0.29) is 29.1 Å². The summed E-state index contributed by atoms with van der Waals surface area (Å²) in [5, 5.41) is 0. The predicted octanol–water partition coefficient (Wildman–Crippen LogP) is 5.40. The van der Waals surface area contributed by atoms with Crippen molar-refractivity contribution < 1.29 is 9.59 Å². The highest BCUT2D eigenvalue weighted by molar-refractivity contribution is 5.97. The van der Waals surface area contributed by atoms with Crippen LogP contribution >= 0.6 is 0 Å². The molecule has 0 spiro atoms. The van der Waals surface area contributed by atoms with Crippen LogP contribution in [0.1, 0.15) is 50.2 Å². The Labute approximate surface area is 185 Å². The molecule has 1 unspecified atom stereocenters. The van der Waals surface area contributed by atoms with E-state index in [1.165, 1.54) is 11.1 Å². The van der Waals surface area contributed by atoms with Crippen molar-refractivity contribution in [3.8, 4) is 0 Å². The zero-order valence-electron chi connectivity index (χ0n) is 18.3. The Kier molecular flexibility index (Phi) is 6.47. The zero-order valence-corrected chi connectivity index (χ0v) is 18.3. The van der Waals surface area contributed by atoms with E-state index in [1.54, 1.807) is 0 Å². The SMILES string of the molecule is CCCC[N+]1(C(=O)CCC(=O)N2CC=C(c3ccccc3)CC2)C=Cc2ccccc21. The summed E-state index contributed by atoms with van der Waals surface area (Å²) in [6.07, 6.45) is 9.61. The largest absolute Gasteiger partial charge is 0.339 e. The molecule has 1 atom stereocenters. The van der Waals surface area contributed by atoms with E-state index in [9.17, 15) is 9.59 Å². The number of benzene rings is 2. The minimum Gasteiger partial charge on any atom is -0.339 e. The summed E-state index contributed by atoms with van der Waals surface area (Å²) in [6.45, 7) is 4.23. The lowest BCUT2D eigenvalue weighted by atomic mass is 9.99. The second kappa shape index (κ2) is 9.44. The Hall–Kier alpha value is -2.98. The molecule has 4 heteroatoms. The number of rotatable bonds is 7. The number of amides is 2. The van der Waals surface area contributed by atoms with Gasteiger partial charge in [0.05, 0.1) is 13.0 Å².